The van der Waals surface area contributed by atoms with Gasteiger partial charge < -0.3 is 10.6 Å². The minimum absolute atomic E-state index is 0. The van der Waals surface area contributed by atoms with Crippen molar-refractivity contribution in [1.29, 1.82) is 0 Å². The zero-order valence-corrected chi connectivity index (χ0v) is 16.1. The molecule has 0 saturated carbocycles. The van der Waals surface area contributed by atoms with Crippen molar-refractivity contribution < 1.29 is 4.39 Å². The van der Waals surface area contributed by atoms with Crippen molar-refractivity contribution in [1.82, 2.24) is 4.90 Å². The van der Waals surface area contributed by atoms with E-state index in [1.165, 1.54) is 18.9 Å². The largest absolute Gasteiger partial charge is 0.370 e. The van der Waals surface area contributed by atoms with Crippen LogP contribution in [0.4, 0.5) is 4.39 Å². The Balaban J connectivity index is 0.00000220. The maximum atomic E-state index is 13.1. The van der Waals surface area contributed by atoms with Gasteiger partial charge in [-0.2, -0.15) is 0 Å². The minimum Gasteiger partial charge on any atom is -0.370 e. The number of nitrogens with two attached hydrogens (primary N) is 1. The number of rotatable bonds is 3. The van der Waals surface area contributed by atoms with Crippen LogP contribution in [0.25, 0.3) is 0 Å². The number of hydrogen-bond donors (Lipinski definition) is 1. The molecule has 2 rings (SSSR count). The molecule has 0 aliphatic carbocycles. The number of halogens is 3. The third-order valence-electron chi connectivity index (χ3n) is 3.77. The molecule has 0 atom stereocenters. The molecule has 1 fully saturated rings. The van der Waals surface area contributed by atoms with Crippen molar-refractivity contribution in [2.24, 2.45) is 16.6 Å². The highest BCUT2D eigenvalue weighted by Gasteiger charge is 2.16. The van der Waals surface area contributed by atoms with E-state index in [1.807, 2.05) is 0 Å². The van der Waals surface area contributed by atoms with E-state index < -0.39 is 0 Å². The molecule has 2 N–H and O–H groups in total. The summed E-state index contributed by atoms with van der Waals surface area (Å²) in [5, 5.41) is 0. The van der Waals surface area contributed by atoms with Crippen LogP contribution in [0.1, 0.15) is 25.3 Å². The number of likely N-dealkylation sites (tertiary alicyclic amines) is 1. The van der Waals surface area contributed by atoms with Crippen molar-refractivity contribution >= 4 is 45.9 Å². The number of guanidine groups is 1. The maximum absolute atomic E-state index is 13.1. The van der Waals surface area contributed by atoms with Gasteiger partial charge in [-0.25, -0.2) is 4.39 Å². The fraction of sp³-hybridized carbons (Fsp3) is 0.533. The molecule has 0 unspecified atom stereocenters. The third kappa shape index (κ3) is 5.73. The fourth-order valence-electron chi connectivity index (χ4n) is 2.33. The van der Waals surface area contributed by atoms with Gasteiger partial charge in [0.05, 0.1) is 4.47 Å². The molecule has 0 bridgehead atoms. The number of aliphatic imine (C=N–C) groups is 1. The van der Waals surface area contributed by atoms with Crippen LogP contribution in [0.3, 0.4) is 0 Å². The summed E-state index contributed by atoms with van der Waals surface area (Å²) in [5.41, 5.74) is 7.08. The summed E-state index contributed by atoms with van der Waals surface area (Å²) in [5.74, 6) is 1.19. The second kappa shape index (κ2) is 8.92. The summed E-state index contributed by atoms with van der Waals surface area (Å²) < 4.78 is 13.6. The van der Waals surface area contributed by atoms with E-state index in [4.69, 9.17) is 5.73 Å². The van der Waals surface area contributed by atoms with Crippen LogP contribution in [-0.4, -0.2) is 30.5 Å². The lowest BCUT2D eigenvalue weighted by Gasteiger charge is -2.31. The van der Waals surface area contributed by atoms with Crippen LogP contribution in [-0.2, 0) is 6.42 Å². The number of piperidine rings is 1. The summed E-state index contributed by atoms with van der Waals surface area (Å²) in [6.07, 6.45) is 3.13. The Labute approximate surface area is 151 Å². The molecular weight excluding hydrogens is 448 g/mol. The molecular formula is C15H22BrFIN3. The Morgan fingerprint density at radius 1 is 1.43 bits per heavy atom. The minimum atomic E-state index is -0.237. The highest BCUT2D eigenvalue weighted by Crippen LogP contribution is 2.17. The molecule has 0 aromatic heterocycles. The second-order valence-electron chi connectivity index (χ2n) is 5.41. The topological polar surface area (TPSA) is 41.6 Å². The molecule has 1 aliphatic heterocycles. The van der Waals surface area contributed by atoms with Gasteiger partial charge in [0.25, 0.3) is 0 Å². The lowest BCUT2D eigenvalue weighted by molar-refractivity contribution is 0.277. The van der Waals surface area contributed by atoms with Crippen LogP contribution in [0.5, 0.6) is 0 Å². The van der Waals surface area contributed by atoms with E-state index in [9.17, 15) is 4.39 Å². The molecule has 3 nitrogen and oxygen atoms in total. The number of benzene rings is 1. The predicted molar refractivity (Wildman–Crippen MR) is 99.7 cm³/mol. The van der Waals surface area contributed by atoms with Crippen molar-refractivity contribution in [3.05, 3.63) is 34.1 Å². The van der Waals surface area contributed by atoms with E-state index in [1.54, 1.807) is 12.1 Å². The molecule has 0 amide bonds. The van der Waals surface area contributed by atoms with Crippen molar-refractivity contribution in [2.45, 2.75) is 26.2 Å². The summed E-state index contributed by atoms with van der Waals surface area (Å²) in [6, 6.07) is 5.05. The molecule has 1 aromatic rings. The van der Waals surface area contributed by atoms with Crippen molar-refractivity contribution in [3.8, 4) is 0 Å². The smallest absolute Gasteiger partial charge is 0.191 e. The number of nitrogens with zero attached hydrogens (tertiary/aromatic N) is 2. The third-order valence-corrected chi connectivity index (χ3v) is 4.37. The first-order chi connectivity index (χ1) is 9.56. The maximum Gasteiger partial charge on any atom is 0.191 e. The lowest BCUT2D eigenvalue weighted by atomic mass is 10.00. The Morgan fingerprint density at radius 2 is 2.10 bits per heavy atom. The highest BCUT2D eigenvalue weighted by atomic mass is 127. The van der Waals surface area contributed by atoms with Gasteiger partial charge in [-0.15, -0.1) is 24.0 Å². The summed E-state index contributed by atoms with van der Waals surface area (Å²) >= 11 is 3.19. The van der Waals surface area contributed by atoms with Gasteiger partial charge in [0.15, 0.2) is 5.96 Å². The Morgan fingerprint density at radius 3 is 2.71 bits per heavy atom. The van der Waals surface area contributed by atoms with E-state index in [-0.39, 0.29) is 29.8 Å². The highest BCUT2D eigenvalue weighted by molar-refractivity contribution is 14.0. The fourth-order valence-corrected chi connectivity index (χ4v) is 2.76. The molecule has 0 spiro atoms. The van der Waals surface area contributed by atoms with Gasteiger partial charge in [-0.05, 0) is 58.8 Å². The molecule has 1 aromatic carbocycles. The van der Waals surface area contributed by atoms with E-state index in [2.05, 4.69) is 32.7 Å². The normalized spacial score (nSPS) is 16.7. The Kier molecular flexibility index (Phi) is 7.94. The average molecular weight is 470 g/mol. The van der Waals surface area contributed by atoms with Crippen LogP contribution < -0.4 is 5.73 Å². The van der Waals surface area contributed by atoms with E-state index in [0.717, 1.165) is 31.0 Å². The molecule has 1 aliphatic rings. The molecule has 0 radical (unpaired) electrons. The molecule has 1 saturated heterocycles. The Bertz CT molecular complexity index is 488. The zero-order valence-electron chi connectivity index (χ0n) is 12.2. The first-order valence-electron chi connectivity index (χ1n) is 7.05. The van der Waals surface area contributed by atoms with Gasteiger partial charge >= 0.3 is 0 Å². The van der Waals surface area contributed by atoms with Gasteiger partial charge in [-0.3, -0.25) is 4.99 Å². The lowest BCUT2D eigenvalue weighted by Crippen LogP contribution is -2.42. The van der Waals surface area contributed by atoms with Crippen LogP contribution in [0.2, 0.25) is 0 Å². The molecule has 118 valence electrons. The average Bonchev–Trinajstić information content (AvgIpc) is 2.43. The van der Waals surface area contributed by atoms with Gasteiger partial charge in [-0.1, -0.05) is 13.0 Å². The summed E-state index contributed by atoms with van der Waals surface area (Å²) in [6.45, 7) is 4.91. The summed E-state index contributed by atoms with van der Waals surface area (Å²) in [4.78, 5) is 6.58. The zero-order chi connectivity index (χ0) is 14.5. The van der Waals surface area contributed by atoms with Gasteiger partial charge in [0.1, 0.15) is 5.82 Å². The van der Waals surface area contributed by atoms with Gasteiger partial charge in [0.2, 0.25) is 0 Å². The van der Waals surface area contributed by atoms with E-state index >= 15 is 0 Å². The van der Waals surface area contributed by atoms with Crippen LogP contribution in [0.15, 0.2) is 27.7 Å². The van der Waals surface area contributed by atoms with Gasteiger partial charge in [0, 0.05) is 19.6 Å². The number of hydrogen-bond acceptors (Lipinski definition) is 1. The first kappa shape index (κ1) is 18.7. The standard InChI is InChI=1S/C15H21BrFN3.HI/c1-11-5-8-20(9-6-11)15(18)19-7-4-12-2-3-14(17)13(16)10-12;/h2-3,10-11H,4-9H2,1H3,(H2,18,19);1H. The monoisotopic (exact) mass is 469 g/mol. The van der Waals surface area contributed by atoms with Crippen LogP contribution >= 0.6 is 39.9 Å². The quantitative estimate of drug-likeness (QED) is 0.415. The first-order valence-corrected chi connectivity index (χ1v) is 7.84. The molecule has 6 heteroatoms. The van der Waals surface area contributed by atoms with Crippen molar-refractivity contribution in [2.75, 3.05) is 19.6 Å². The van der Waals surface area contributed by atoms with E-state index in [0.29, 0.717) is 17.0 Å². The molecule has 21 heavy (non-hydrogen) atoms. The summed E-state index contributed by atoms with van der Waals surface area (Å²) in [7, 11) is 0. The Hall–Kier alpha value is -0.370. The second-order valence-corrected chi connectivity index (χ2v) is 6.26. The van der Waals surface area contributed by atoms with Crippen LogP contribution in [0, 0.1) is 11.7 Å². The molecule has 1 heterocycles. The predicted octanol–water partition coefficient (Wildman–Crippen LogP) is 3.80. The van der Waals surface area contributed by atoms with Crippen molar-refractivity contribution in [3.63, 3.8) is 0 Å². The SMILES string of the molecule is CC1CCN(C(N)=NCCc2ccc(F)c(Br)c2)CC1.I.